The molecule has 0 amide bonds. The topological polar surface area (TPSA) is 77.0 Å². The number of benzene rings is 1. The fraction of sp³-hybridized carbons (Fsp3) is 0.312. The Morgan fingerprint density at radius 3 is 2.78 bits per heavy atom. The van der Waals surface area contributed by atoms with Gasteiger partial charge in [0.15, 0.2) is 16.7 Å². The number of aromatic nitrogens is 4. The van der Waals surface area contributed by atoms with Crippen LogP contribution in [0.5, 0.6) is 0 Å². The zero-order chi connectivity index (χ0) is 16.1. The first kappa shape index (κ1) is 15.8. The summed E-state index contributed by atoms with van der Waals surface area (Å²) in [5, 5.41) is 18.2. The summed E-state index contributed by atoms with van der Waals surface area (Å²) in [6, 6.07) is 9.88. The van der Waals surface area contributed by atoms with Crippen LogP contribution in [0.15, 0.2) is 46.1 Å². The molecule has 0 saturated heterocycles. The van der Waals surface area contributed by atoms with Crippen LogP contribution in [0.2, 0.25) is 0 Å². The number of oxazole rings is 1. The fourth-order valence-corrected chi connectivity index (χ4v) is 3.07. The third kappa shape index (κ3) is 3.62. The summed E-state index contributed by atoms with van der Waals surface area (Å²) in [4.78, 5) is 4.32. The Morgan fingerprint density at radius 1 is 1.22 bits per heavy atom. The summed E-state index contributed by atoms with van der Waals surface area (Å²) in [5.41, 5.74) is 1.01. The van der Waals surface area contributed by atoms with Crippen molar-refractivity contribution in [1.82, 2.24) is 19.7 Å². The van der Waals surface area contributed by atoms with Gasteiger partial charge in [-0.15, -0.1) is 10.2 Å². The maximum Gasteiger partial charge on any atom is 0.205 e. The van der Waals surface area contributed by atoms with E-state index in [4.69, 9.17) is 4.42 Å². The van der Waals surface area contributed by atoms with Gasteiger partial charge in [0.25, 0.3) is 0 Å². The van der Waals surface area contributed by atoms with E-state index in [2.05, 4.69) is 22.1 Å². The molecule has 7 heteroatoms. The van der Waals surface area contributed by atoms with Crippen molar-refractivity contribution in [3.8, 4) is 11.3 Å². The number of hydrogen-bond donors (Lipinski definition) is 1. The number of hydrogen-bond acceptors (Lipinski definition) is 6. The van der Waals surface area contributed by atoms with Crippen LogP contribution in [0.3, 0.4) is 0 Å². The predicted octanol–water partition coefficient (Wildman–Crippen LogP) is 3.13. The second kappa shape index (κ2) is 7.43. The van der Waals surface area contributed by atoms with Crippen LogP contribution in [-0.4, -0.2) is 24.9 Å². The Bertz CT molecular complexity index is 755. The molecule has 0 aliphatic heterocycles. The molecule has 2 aromatic heterocycles. The summed E-state index contributed by atoms with van der Waals surface area (Å²) in [6.07, 6.45) is 2.69. The first-order valence-corrected chi connectivity index (χ1v) is 8.46. The van der Waals surface area contributed by atoms with E-state index in [1.165, 1.54) is 11.8 Å². The van der Waals surface area contributed by atoms with Gasteiger partial charge in [0, 0.05) is 12.1 Å². The molecule has 1 N–H and O–H groups in total. The van der Waals surface area contributed by atoms with E-state index in [1.54, 1.807) is 6.20 Å². The number of thioether (sulfide) groups is 1. The average molecular weight is 330 g/mol. The number of aliphatic hydroxyl groups is 1. The number of aliphatic hydroxyl groups excluding tert-OH is 1. The van der Waals surface area contributed by atoms with Crippen LogP contribution >= 0.6 is 11.8 Å². The third-order valence-electron chi connectivity index (χ3n) is 3.32. The summed E-state index contributed by atoms with van der Waals surface area (Å²) in [5.74, 6) is 2.56. The van der Waals surface area contributed by atoms with Crippen molar-refractivity contribution < 1.29 is 9.52 Å². The minimum atomic E-state index is -0.106. The van der Waals surface area contributed by atoms with Crippen molar-refractivity contribution in [2.24, 2.45) is 0 Å². The van der Waals surface area contributed by atoms with E-state index < -0.39 is 0 Å². The predicted molar refractivity (Wildman–Crippen MR) is 87.7 cm³/mol. The molecule has 23 heavy (non-hydrogen) atoms. The van der Waals surface area contributed by atoms with E-state index in [-0.39, 0.29) is 6.61 Å². The highest BCUT2D eigenvalue weighted by molar-refractivity contribution is 7.98. The molecule has 0 saturated carbocycles. The molecule has 1 aromatic carbocycles. The van der Waals surface area contributed by atoms with Gasteiger partial charge >= 0.3 is 0 Å². The molecule has 0 fully saturated rings. The zero-order valence-electron chi connectivity index (χ0n) is 12.8. The molecule has 3 aromatic rings. The zero-order valence-corrected chi connectivity index (χ0v) is 13.7. The van der Waals surface area contributed by atoms with Crippen LogP contribution < -0.4 is 0 Å². The molecular weight excluding hydrogens is 312 g/mol. The van der Waals surface area contributed by atoms with Gasteiger partial charge in [0.2, 0.25) is 5.89 Å². The quantitative estimate of drug-likeness (QED) is 0.671. The van der Waals surface area contributed by atoms with Crippen molar-refractivity contribution in [2.75, 3.05) is 0 Å². The maximum atomic E-state index is 9.31. The molecule has 2 heterocycles. The van der Waals surface area contributed by atoms with Gasteiger partial charge in [-0.3, -0.25) is 0 Å². The highest BCUT2D eigenvalue weighted by Crippen LogP contribution is 2.25. The van der Waals surface area contributed by atoms with E-state index in [9.17, 15) is 5.11 Å². The van der Waals surface area contributed by atoms with E-state index in [0.717, 1.165) is 29.4 Å². The monoisotopic (exact) mass is 330 g/mol. The maximum absolute atomic E-state index is 9.31. The van der Waals surface area contributed by atoms with Gasteiger partial charge < -0.3 is 14.1 Å². The van der Waals surface area contributed by atoms with Gasteiger partial charge in [0.1, 0.15) is 6.61 Å². The summed E-state index contributed by atoms with van der Waals surface area (Å²) < 4.78 is 7.72. The molecule has 120 valence electrons. The molecule has 0 aliphatic rings. The lowest BCUT2D eigenvalue weighted by Gasteiger charge is -2.06. The Hall–Kier alpha value is -2.12. The van der Waals surface area contributed by atoms with Crippen LogP contribution in [0.25, 0.3) is 11.3 Å². The van der Waals surface area contributed by atoms with Crippen molar-refractivity contribution in [2.45, 2.75) is 37.4 Å². The number of nitrogens with zero attached hydrogens (tertiary/aromatic N) is 4. The minimum Gasteiger partial charge on any atom is -0.440 e. The minimum absolute atomic E-state index is 0.106. The second-order valence-electron chi connectivity index (χ2n) is 4.98. The lowest BCUT2D eigenvalue weighted by molar-refractivity contribution is 0.263. The van der Waals surface area contributed by atoms with Gasteiger partial charge in [0.05, 0.1) is 11.9 Å². The number of rotatable bonds is 7. The van der Waals surface area contributed by atoms with Crippen LogP contribution in [0.1, 0.15) is 25.1 Å². The van der Waals surface area contributed by atoms with Gasteiger partial charge in [-0.2, -0.15) is 0 Å². The molecule has 0 bridgehead atoms. The normalized spacial score (nSPS) is 11.0. The second-order valence-corrected chi connectivity index (χ2v) is 5.92. The highest BCUT2D eigenvalue weighted by Gasteiger charge is 2.13. The standard InChI is InChI=1S/C16H18N4O2S/c1-2-8-20-14(10-21)18-19-16(20)23-11-15-17-9-13(22-15)12-6-4-3-5-7-12/h3-7,9,21H,2,8,10-11H2,1H3. The van der Waals surface area contributed by atoms with Gasteiger partial charge in [-0.05, 0) is 6.42 Å². The lowest BCUT2D eigenvalue weighted by Crippen LogP contribution is -2.04. The Kier molecular flexibility index (Phi) is 5.09. The third-order valence-corrected chi connectivity index (χ3v) is 4.27. The Balaban J connectivity index is 1.70. The molecule has 0 spiro atoms. The summed E-state index contributed by atoms with van der Waals surface area (Å²) >= 11 is 1.51. The Labute approximate surface area is 138 Å². The highest BCUT2D eigenvalue weighted by atomic mass is 32.2. The smallest absolute Gasteiger partial charge is 0.205 e. The van der Waals surface area contributed by atoms with Crippen LogP contribution in [-0.2, 0) is 18.9 Å². The van der Waals surface area contributed by atoms with Gasteiger partial charge in [-0.1, -0.05) is 49.0 Å². The first-order valence-electron chi connectivity index (χ1n) is 7.47. The molecule has 0 atom stereocenters. The molecule has 6 nitrogen and oxygen atoms in total. The molecule has 0 aliphatic carbocycles. The van der Waals surface area contributed by atoms with E-state index >= 15 is 0 Å². The van der Waals surface area contributed by atoms with Gasteiger partial charge in [-0.25, -0.2) is 4.98 Å². The Morgan fingerprint density at radius 2 is 2.04 bits per heavy atom. The fourth-order valence-electron chi connectivity index (χ4n) is 2.23. The first-order chi connectivity index (χ1) is 11.3. The van der Waals surface area contributed by atoms with Crippen molar-refractivity contribution in [1.29, 1.82) is 0 Å². The van der Waals surface area contributed by atoms with Crippen molar-refractivity contribution in [3.05, 3.63) is 48.2 Å². The summed E-state index contributed by atoms with van der Waals surface area (Å²) in [6.45, 7) is 2.76. The molecule has 3 rings (SSSR count). The molecule has 0 radical (unpaired) electrons. The van der Waals surface area contributed by atoms with E-state index in [1.807, 2.05) is 34.9 Å². The average Bonchev–Trinajstić information content (AvgIpc) is 3.21. The largest absolute Gasteiger partial charge is 0.440 e. The van der Waals surface area contributed by atoms with Crippen LogP contribution in [0.4, 0.5) is 0 Å². The molecule has 0 unspecified atom stereocenters. The van der Waals surface area contributed by atoms with Crippen LogP contribution in [0, 0.1) is 0 Å². The van der Waals surface area contributed by atoms with E-state index in [0.29, 0.717) is 17.5 Å². The summed E-state index contributed by atoms with van der Waals surface area (Å²) in [7, 11) is 0. The SMILES string of the molecule is CCCn1c(CO)nnc1SCc1ncc(-c2ccccc2)o1. The van der Waals surface area contributed by atoms with Crippen molar-refractivity contribution in [3.63, 3.8) is 0 Å². The lowest BCUT2D eigenvalue weighted by atomic mass is 10.2. The molecular formula is C16H18N4O2S. The van der Waals surface area contributed by atoms with Crippen molar-refractivity contribution >= 4 is 11.8 Å².